The zero-order valence-electron chi connectivity index (χ0n) is 9.07. The Hall–Kier alpha value is -1.36. The fraction of sp³-hybridized carbons (Fsp3) is 0.273. The number of halogens is 1. The number of anilines is 1. The molecular weight excluding hydrogens is 270 g/mol. The van der Waals surface area contributed by atoms with Gasteiger partial charge < -0.3 is 10.2 Å². The van der Waals surface area contributed by atoms with Crippen molar-refractivity contribution in [2.45, 2.75) is 19.8 Å². The molecule has 0 bridgehead atoms. The molecule has 84 valence electrons. The lowest BCUT2D eigenvalue weighted by Crippen LogP contribution is -2.03. The molecule has 5 heteroatoms. The normalized spacial score (nSPS) is 11.0. The van der Waals surface area contributed by atoms with Crippen molar-refractivity contribution in [2.24, 2.45) is 0 Å². The summed E-state index contributed by atoms with van der Waals surface area (Å²) in [5.41, 5.74) is 7.58. The van der Waals surface area contributed by atoms with E-state index in [1.54, 1.807) is 12.5 Å². The van der Waals surface area contributed by atoms with Crippen LogP contribution in [0.2, 0.25) is 0 Å². The minimum Gasteiger partial charge on any atom is -0.472 e. The molecule has 0 radical (unpaired) electrons. The highest BCUT2D eigenvalue weighted by atomic mass is 79.9. The van der Waals surface area contributed by atoms with E-state index in [1.165, 1.54) is 0 Å². The minimum atomic E-state index is 0.283. The number of furan rings is 1. The van der Waals surface area contributed by atoms with Crippen molar-refractivity contribution in [3.8, 4) is 11.4 Å². The summed E-state index contributed by atoms with van der Waals surface area (Å²) in [5.74, 6) is 1.33. The predicted molar refractivity (Wildman–Crippen MR) is 65.9 cm³/mol. The lowest BCUT2D eigenvalue weighted by molar-refractivity contribution is 0.568. The Bertz CT molecular complexity index is 494. The molecule has 0 amide bonds. The van der Waals surface area contributed by atoms with Crippen LogP contribution in [0.3, 0.4) is 0 Å². The maximum Gasteiger partial charge on any atom is 0.165 e. The Morgan fingerprint density at radius 3 is 2.69 bits per heavy atom. The van der Waals surface area contributed by atoms with Crippen LogP contribution in [0, 0.1) is 0 Å². The molecule has 2 aromatic rings. The molecule has 0 spiro atoms. The van der Waals surface area contributed by atoms with Crippen LogP contribution >= 0.6 is 15.9 Å². The highest BCUT2D eigenvalue weighted by Gasteiger charge is 2.14. The molecule has 16 heavy (non-hydrogen) atoms. The largest absolute Gasteiger partial charge is 0.472 e. The first kappa shape index (κ1) is 11.1. The van der Waals surface area contributed by atoms with Crippen LogP contribution in [-0.2, 0) is 0 Å². The summed E-state index contributed by atoms with van der Waals surface area (Å²) in [6.07, 6.45) is 3.19. The van der Waals surface area contributed by atoms with Crippen molar-refractivity contribution in [1.29, 1.82) is 0 Å². The maximum absolute atomic E-state index is 5.84. The van der Waals surface area contributed by atoms with E-state index in [0.29, 0.717) is 11.6 Å². The van der Waals surface area contributed by atoms with Crippen LogP contribution in [0.25, 0.3) is 11.4 Å². The number of aromatic nitrogens is 2. The lowest BCUT2D eigenvalue weighted by atomic mass is 10.1. The summed E-state index contributed by atoms with van der Waals surface area (Å²) in [5, 5.41) is 0. The van der Waals surface area contributed by atoms with E-state index in [0.717, 1.165) is 15.7 Å². The van der Waals surface area contributed by atoms with Crippen molar-refractivity contribution in [2.75, 3.05) is 5.73 Å². The second kappa shape index (κ2) is 4.25. The first-order chi connectivity index (χ1) is 7.59. The average molecular weight is 282 g/mol. The molecule has 2 N–H and O–H groups in total. The molecular formula is C11H12BrN3O. The van der Waals surface area contributed by atoms with Crippen LogP contribution in [0.15, 0.2) is 27.5 Å². The Balaban J connectivity index is 2.57. The van der Waals surface area contributed by atoms with E-state index < -0.39 is 0 Å². The second-order valence-corrected chi connectivity index (χ2v) is 4.59. The highest BCUT2D eigenvalue weighted by Crippen LogP contribution is 2.29. The molecule has 0 saturated carbocycles. The van der Waals surface area contributed by atoms with E-state index in [4.69, 9.17) is 10.2 Å². The molecule has 0 aliphatic rings. The van der Waals surface area contributed by atoms with Crippen LogP contribution in [-0.4, -0.2) is 9.97 Å². The van der Waals surface area contributed by atoms with Crippen LogP contribution in [0.1, 0.15) is 25.5 Å². The van der Waals surface area contributed by atoms with Gasteiger partial charge in [0, 0.05) is 0 Å². The van der Waals surface area contributed by atoms with Crippen molar-refractivity contribution >= 4 is 21.7 Å². The van der Waals surface area contributed by atoms with Gasteiger partial charge in [-0.25, -0.2) is 9.97 Å². The molecule has 0 aliphatic heterocycles. The SMILES string of the molecule is CC(C)c1nc(-c2ccoc2)nc(N)c1Br. The third-order valence-corrected chi connectivity index (χ3v) is 3.04. The number of hydrogen-bond acceptors (Lipinski definition) is 4. The zero-order chi connectivity index (χ0) is 11.7. The van der Waals surface area contributed by atoms with Crippen molar-refractivity contribution in [3.63, 3.8) is 0 Å². The van der Waals surface area contributed by atoms with Gasteiger partial charge in [-0.15, -0.1) is 0 Å². The van der Waals surface area contributed by atoms with E-state index >= 15 is 0 Å². The quantitative estimate of drug-likeness (QED) is 0.918. The van der Waals surface area contributed by atoms with E-state index in [1.807, 2.05) is 6.07 Å². The summed E-state index contributed by atoms with van der Waals surface area (Å²) in [6.45, 7) is 4.12. The van der Waals surface area contributed by atoms with Crippen molar-refractivity contribution in [3.05, 3.63) is 28.8 Å². The van der Waals surface area contributed by atoms with Gasteiger partial charge in [-0.3, -0.25) is 0 Å². The molecule has 0 saturated heterocycles. The van der Waals surface area contributed by atoms with Gasteiger partial charge in [0.05, 0.1) is 22.0 Å². The van der Waals surface area contributed by atoms with E-state index in [9.17, 15) is 0 Å². The van der Waals surface area contributed by atoms with Crippen LogP contribution < -0.4 is 5.73 Å². The number of nitrogens with zero attached hydrogens (tertiary/aromatic N) is 2. The summed E-state index contributed by atoms with van der Waals surface area (Å²) < 4.78 is 5.78. The average Bonchev–Trinajstić information content (AvgIpc) is 2.74. The van der Waals surface area contributed by atoms with Gasteiger partial charge in [0.25, 0.3) is 0 Å². The van der Waals surface area contributed by atoms with Gasteiger partial charge >= 0.3 is 0 Å². The fourth-order valence-corrected chi connectivity index (χ4v) is 2.02. The zero-order valence-corrected chi connectivity index (χ0v) is 10.7. The maximum atomic E-state index is 5.84. The summed E-state index contributed by atoms with van der Waals surface area (Å²) in [6, 6.07) is 1.81. The van der Waals surface area contributed by atoms with Gasteiger partial charge in [-0.1, -0.05) is 13.8 Å². The number of rotatable bonds is 2. The Morgan fingerprint density at radius 1 is 1.38 bits per heavy atom. The third kappa shape index (κ3) is 1.95. The molecule has 0 atom stereocenters. The lowest BCUT2D eigenvalue weighted by Gasteiger charge is -2.10. The van der Waals surface area contributed by atoms with E-state index in [-0.39, 0.29) is 5.92 Å². The minimum absolute atomic E-state index is 0.283. The number of hydrogen-bond donors (Lipinski definition) is 1. The first-order valence-corrected chi connectivity index (χ1v) is 5.74. The molecule has 0 unspecified atom stereocenters. The smallest absolute Gasteiger partial charge is 0.165 e. The van der Waals surface area contributed by atoms with Gasteiger partial charge in [-0.05, 0) is 27.9 Å². The number of nitrogens with two attached hydrogens (primary N) is 1. The molecule has 0 aliphatic carbocycles. The predicted octanol–water partition coefficient (Wildman–Crippen LogP) is 3.20. The van der Waals surface area contributed by atoms with Gasteiger partial charge in [-0.2, -0.15) is 0 Å². The van der Waals surface area contributed by atoms with Gasteiger partial charge in [0.2, 0.25) is 0 Å². The first-order valence-electron chi connectivity index (χ1n) is 4.95. The van der Waals surface area contributed by atoms with Crippen molar-refractivity contribution < 1.29 is 4.42 Å². The van der Waals surface area contributed by atoms with Crippen molar-refractivity contribution in [1.82, 2.24) is 9.97 Å². The summed E-state index contributed by atoms with van der Waals surface area (Å²) in [4.78, 5) is 8.70. The van der Waals surface area contributed by atoms with Crippen LogP contribution in [0.4, 0.5) is 5.82 Å². The van der Waals surface area contributed by atoms with Gasteiger partial charge in [0.1, 0.15) is 12.1 Å². The van der Waals surface area contributed by atoms with E-state index in [2.05, 4.69) is 39.7 Å². The number of nitrogen functional groups attached to an aromatic ring is 1. The molecule has 0 aromatic carbocycles. The standard InChI is InChI=1S/C11H12BrN3O/c1-6(2)9-8(12)10(13)15-11(14-9)7-3-4-16-5-7/h3-6H,1-2H3,(H2,13,14,15). The fourth-order valence-electron chi connectivity index (χ4n) is 1.39. The molecule has 2 aromatic heterocycles. The summed E-state index contributed by atoms with van der Waals surface area (Å²) in [7, 11) is 0. The highest BCUT2D eigenvalue weighted by molar-refractivity contribution is 9.10. The Labute approximate surface area is 102 Å². The van der Waals surface area contributed by atoms with Gasteiger partial charge in [0.15, 0.2) is 5.82 Å². The molecule has 2 heterocycles. The molecule has 0 fully saturated rings. The topological polar surface area (TPSA) is 64.9 Å². The second-order valence-electron chi connectivity index (χ2n) is 3.80. The molecule has 2 rings (SSSR count). The Morgan fingerprint density at radius 2 is 2.12 bits per heavy atom. The third-order valence-electron chi connectivity index (χ3n) is 2.23. The monoisotopic (exact) mass is 281 g/mol. The molecule has 4 nitrogen and oxygen atoms in total. The van der Waals surface area contributed by atoms with Crippen LogP contribution in [0.5, 0.6) is 0 Å². The Kier molecular flexibility index (Phi) is 2.96. The summed E-state index contributed by atoms with van der Waals surface area (Å²) >= 11 is 3.40.